The molecule has 0 spiro atoms. The number of hydrogen-bond donors (Lipinski definition) is 0. The van der Waals surface area contributed by atoms with E-state index in [4.69, 9.17) is 4.74 Å². The molecule has 0 aromatic heterocycles. The summed E-state index contributed by atoms with van der Waals surface area (Å²) in [5.74, 6) is 0.368. The van der Waals surface area contributed by atoms with Gasteiger partial charge in [-0.2, -0.15) is 13.2 Å². The summed E-state index contributed by atoms with van der Waals surface area (Å²) in [6.45, 7) is -0.0479. The van der Waals surface area contributed by atoms with Gasteiger partial charge in [-0.05, 0) is 23.3 Å². The highest BCUT2D eigenvalue weighted by molar-refractivity contribution is 5.78. The summed E-state index contributed by atoms with van der Waals surface area (Å²) in [6.07, 6.45) is -4.21. The lowest BCUT2D eigenvalue weighted by molar-refractivity contribution is -0.152. The molecule has 0 aliphatic carbocycles. The summed E-state index contributed by atoms with van der Waals surface area (Å²) in [4.78, 5) is 15.1. The number of amides is 1. The van der Waals surface area contributed by atoms with E-state index in [0.29, 0.717) is 5.75 Å². The lowest BCUT2D eigenvalue weighted by Gasteiger charge is -2.34. The normalized spacial score (nSPS) is 15.6. The molecule has 144 valence electrons. The average Bonchev–Trinajstić information content (AvgIpc) is 2.66. The van der Waals surface area contributed by atoms with Crippen molar-refractivity contribution in [2.75, 3.05) is 39.3 Å². The molecule has 3 rings (SSSR count). The van der Waals surface area contributed by atoms with Crippen LogP contribution >= 0.6 is 0 Å². The molecule has 0 unspecified atom stereocenters. The molecule has 1 saturated heterocycles. The molecular weight excluding hydrogens is 357 g/mol. The Morgan fingerprint density at radius 2 is 1.48 bits per heavy atom. The van der Waals surface area contributed by atoms with Crippen molar-refractivity contribution in [3.8, 4) is 16.9 Å². The van der Waals surface area contributed by atoms with Crippen LogP contribution in [0.1, 0.15) is 0 Å². The van der Waals surface area contributed by atoms with Crippen LogP contribution in [-0.4, -0.2) is 61.2 Å². The zero-order valence-corrected chi connectivity index (χ0v) is 14.8. The Labute approximate surface area is 156 Å². The molecule has 7 heteroatoms. The highest BCUT2D eigenvalue weighted by Crippen LogP contribution is 2.22. The van der Waals surface area contributed by atoms with Crippen LogP contribution in [0.5, 0.6) is 5.75 Å². The molecule has 1 aliphatic rings. The highest BCUT2D eigenvalue weighted by atomic mass is 19.4. The zero-order valence-electron chi connectivity index (χ0n) is 14.8. The fourth-order valence-corrected chi connectivity index (χ4v) is 3.02. The second-order valence-corrected chi connectivity index (χ2v) is 6.45. The minimum Gasteiger partial charge on any atom is -0.484 e. The maximum Gasteiger partial charge on any atom is 0.401 e. The fourth-order valence-electron chi connectivity index (χ4n) is 3.02. The largest absolute Gasteiger partial charge is 0.484 e. The van der Waals surface area contributed by atoms with E-state index in [1.54, 1.807) is 17.0 Å². The van der Waals surface area contributed by atoms with E-state index in [9.17, 15) is 18.0 Å². The Balaban J connectivity index is 1.46. The number of rotatable bonds is 5. The number of piperazine rings is 1. The van der Waals surface area contributed by atoms with Crippen LogP contribution in [0.4, 0.5) is 13.2 Å². The van der Waals surface area contributed by atoms with Crippen LogP contribution in [0.25, 0.3) is 11.1 Å². The van der Waals surface area contributed by atoms with Gasteiger partial charge < -0.3 is 9.64 Å². The number of halogens is 3. The van der Waals surface area contributed by atoms with Gasteiger partial charge in [0.1, 0.15) is 5.75 Å². The third-order valence-corrected chi connectivity index (χ3v) is 4.45. The van der Waals surface area contributed by atoms with Crippen LogP contribution < -0.4 is 4.74 Å². The predicted molar refractivity (Wildman–Crippen MR) is 96.4 cm³/mol. The lowest BCUT2D eigenvalue weighted by atomic mass is 10.1. The van der Waals surface area contributed by atoms with E-state index < -0.39 is 12.7 Å². The van der Waals surface area contributed by atoms with Gasteiger partial charge in [-0.3, -0.25) is 9.69 Å². The lowest BCUT2D eigenvalue weighted by Crippen LogP contribution is -2.51. The fraction of sp³-hybridized carbons (Fsp3) is 0.350. The Bertz CT molecular complexity index is 740. The van der Waals surface area contributed by atoms with Crippen molar-refractivity contribution in [2.45, 2.75) is 6.18 Å². The Hall–Kier alpha value is -2.54. The summed E-state index contributed by atoms with van der Waals surface area (Å²) in [5, 5.41) is 0. The minimum absolute atomic E-state index is 0.121. The van der Waals surface area contributed by atoms with Crippen molar-refractivity contribution in [3.63, 3.8) is 0 Å². The van der Waals surface area contributed by atoms with Crippen LogP contribution in [0.15, 0.2) is 54.6 Å². The van der Waals surface area contributed by atoms with Crippen molar-refractivity contribution in [1.82, 2.24) is 9.80 Å². The smallest absolute Gasteiger partial charge is 0.401 e. The van der Waals surface area contributed by atoms with E-state index in [0.717, 1.165) is 11.1 Å². The molecule has 0 atom stereocenters. The number of nitrogens with zero attached hydrogens (tertiary/aromatic N) is 2. The first kappa shape index (κ1) is 19.2. The zero-order chi connectivity index (χ0) is 19.3. The van der Waals surface area contributed by atoms with Gasteiger partial charge in [-0.25, -0.2) is 0 Å². The molecule has 27 heavy (non-hydrogen) atoms. The number of ether oxygens (including phenoxy) is 1. The van der Waals surface area contributed by atoms with E-state index in [1.807, 2.05) is 42.5 Å². The van der Waals surface area contributed by atoms with Crippen molar-refractivity contribution >= 4 is 5.91 Å². The van der Waals surface area contributed by atoms with Crippen LogP contribution in [0, 0.1) is 0 Å². The Morgan fingerprint density at radius 3 is 2.07 bits per heavy atom. The summed E-state index contributed by atoms with van der Waals surface area (Å²) >= 11 is 0. The van der Waals surface area contributed by atoms with Crippen LogP contribution in [0.3, 0.4) is 0 Å². The highest BCUT2D eigenvalue weighted by Gasteiger charge is 2.32. The molecule has 1 fully saturated rings. The van der Waals surface area contributed by atoms with Gasteiger partial charge in [0, 0.05) is 26.2 Å². The van der Waals surface area contributed by atoms with Gasteiger partial charge in [0.15, 0.2) is 6.61 Å². The standard InChI is InChI=1S/C20H21F3N2O2/c21-20(22,23)15-24-10-12-25(13-11-24)19(26)14-27-18-8-6-17(7-9-18)16-4-2-1-3-5-16/h1-9H,10-15H2. The third kappa shape index (κ3) is 5.72. The van der Waals surface area contributed by atoms with Crippen molar-refractivity contribution in [2.24, 2.45) is 0 Å². The van der Waals surface area contributed by atoms with Crippen LogP contribution in [0.2, 0.25) is 0 Å². The van der Waals surface area contributed by atoms with Gasteiger partial charge in [0.2, 0.25) is 0 Å². The van der Waals surface area contributed by atoms with Gasteiger partial charge in [-0.15, -0.1) is 0 Å². The SMILES string of the molecule is O=C(COc1ccc(-c2ccccc2)cc1)N1CCN(CC(F)(F)F)CC1. The second kappa shape index (κ2) is 8.43. The Kier molecular flexibility index (Phi) is 6.01. The van der Waals surface area contributed by atoms with Gasteiger partial charge in [-0.1, -0.05) is 42.5 Å². The average molecular weight is 378 g/mol. The second-order valence-electron chi connectivity index (χ2n) is 6.45. The number of carbonyl (C=O) groups excluding carboxylic acids is 1. The molecule has 0 bridgehead atoms. The molecule has 1 heterocycles. The molecule has 1 amide bonds. The summed E-state index contributed by atoms with van der Waals surface area (Å²) in [6, 6.07) is 17.4. The van der Waals surface area contributed by atoms with Crippen molar-refractivity contribution < 1.29 is 22.7 Å². The van der Waals surface area contributed by atoms with E-state index in [1.165, 1.54) is 4.90 Å². The molecule has 4 nitrogen and oxygen atoms in total. The molecule has 2 aromatic carbocycles. The third-order valence-electron chi connectivity index (χ3n) is 4.45. The topological polar surface area (TPSA) is 32.8 Å². The summed E-state index contributed by atoms with van der Waals surface area (Å²) < 4.78 is 42.7. The van der Waals surface area contributed by atoms with E-state index in [2.05, 4.69) is 0 Å². The first-order valence-electron chi connectivity index (χ1n) is 8.76. The summed E-state index contributed by atoms with van der Waals surface area (Å²) in [7, 11) is 0. The monoisotopic (exact) mass is 378 g/mol. The molecule has 2 aromatic rings. The van der Waals surface area contributed by atoms with Crippen molar-refractivity contribution in [3.05, 3.63) is 54.6 Å². The molecule has 0 saturated carbocycles. The quantitative estimate of drug-likeness (QED) is 0.799. The molecule has 0 radical (unpaired) electrons. The number of benzene rings is 2. The van der Waals surface area contributed by atoms with Gasteiger partial charge in [0.25, 0.3) is 5.91 Å². The molecule has 1 aliphatic heterocycles. The number of alkyl halides is 3. The maximum atomic E-state index is 12.4. The summed E-state index contributed by atoms with van der Waals surface area (Å²) in [5.41, 5.74) is 2.15. The first-order chi connectivity index (χ1) is 12.9. The first-order valence-corrected chi connectivity index (χ1v) is 8.76. The molecule has 0 N–H and O–H groups in total. The van der Waals surface area contributed by atoms with Crippen molar-refractivity contribution in [1.29, 1.82) is 0 Å². The predicted octanol–water partition coefficient (Wildman–Crippen LogP) is 3.44. The number of carbonyl (C=O) groups is 1. The number of hydrogen-bond acceptors (Lipinski definition) is 3. The van der Waals surface area contributed by atoms with E-state index >= 15 is 0 Å². The van der Waals surface area contributed by atoms with Crippen LogP contribution in [-0.2, 0) is 4.79 Å². The maximum absolute atomic E-state index is 12.4. The van der Waals surface area contributed by atoms with Gasteiger partial charge >= 0.3 is 6.18 Å². The van der Waals surface area contributed by atoms with E-state index in [-0.39, 0.29) is 38.7 Å². The van der Waals surface area contributed by atoms with Gasteiger partial charge in [0.05, 0.1) is 6.54 Å². The molecular formula is C20H21F3N2O2. The minimum atomic E-state index is -4.21. The Morgan fingerprint density at radius 1 is 0.889 bits per heavy atom.